The van der Waals surface area contributed by atoms with Crippen LogP contribution in [0.25, 0.3) is 6.08 Å². The number of allylic oxidation sites excluding steroid dienone is 1. The van der Waals surface area contributed by atoms with Crippen LogP contribution in [0.5, 0.6) is 11.5 Å². The fraction of sp³-hybridized carbons (Fsp3) is 0.174. The number of hydrogen-bond donors (Lipinski definition) is 2. The van der Waals surface area contributed by atoms with Crippen LogP contribution in [-0.2, 0) is 22.6 Å². The van der Waals surface area contributed by atoms with E-state index in [-0.39, 0.29) is 18.0 Å². The van der Waals surface area contributed by atoms with Gasteiger partial charge >= 0.3 is 6.03 Å². The summed E-state index contributed by atoms with van der Waals surface area (Å²) in [4.78, 5) is 35.3. The summed E-state index contributed by atoms with van der Waals surface area (Å²) in [7, 11) is 0. The number of carbonyl (C=O) groups excluding carboxylic acids is 3. The lowest BCUT2D eigenvalue weighted by Gasteiger charge is -2.18. The van der Waals surface area contributed by atoms with Gasteiger partial charge in [-0.15, -0.1) is 6.58 Å². The van der Waals surface area contributed by atoms with E-state index in [9.17, 15) is 18.8 Å². The molecule has 0 unspecified atom stereocenters. The Balaban J connectivity index is 1.98. The molecule has 1 saturated heterocycles. The van der Waals surface area contributed by atoms with Crippen molar-refractivity contribution in [3.63, 3.8) is 0 Å². The van der Waals surface area contributed by atoms with Crippen molar-refractivity contribution < 1.29 is 28.2 Å². The first-order valence-electron chi connectivity index (χ1n) is 9.57. The first kappa shape index (κ1) is 21.8. The number of carbonyl (C=O) groups is 3. The molecule has 2 aromatic carbocycles. The van der Waals surface area contributed by atoms with Crippen molar-refractivity contribution in [3.05, 3.63) is 77.1 Å². The fourth-order valence-corrected chi connectivity index (χ4v) is 3.06. The lowest BCUT2D eigenvalue weighted by Crippen LogP contribution is -2.51. The van der Waals surface area contributed by atoms with Crippen LogP contribution >= 0.6 is 0 Å². The minimum atomic E-state index is -0.865. The molecule has 1 fully saturated rings. The van der Waals surface area contributed by atoms with Gasteiger partial charge in [-0.3, -0.25) is 20.2 Å². The number of ether oxygens (including phenoxy) is 2. The normalized spacial score (nSPS) is 13.4. The number of nitrogens with one attached hydrogen (secondary N) is 2. The Morgan fingerprint density at radius 1 is 1.06 bits per heavy atom. The summed E-state index contributed by atoms with van der Waals surface area (Å²) in [6.07, 6.45) is 3.46. The van der Waals surface area contributed by atoms with E-state index < -0.39 is 17.8 Å². The SMILES string of the molecule is C=CCc1cc(C=C2C(=O)NC(=O)NC2=O)cc(OCC)c1OCc1cccc(F)c1. The molecule has 0 bridgehead atoms. The van der Waals surface area contributed by atoms with Gasteiger partial charge in [0.05, 0.1) is 6.61 Å². The molecule has 0 saturated carbocycles. The van der Waals surface area contributed by atoms with Crippen molar-refractivity contribution in [2.45, 2.75) is 20.0 Å². The van der Waals surface area contributed by atoms with Crippen molar-refractivity contribution in [3.8, 4) is 11.5 Å². The topological polar surface area (TPSA) is 93.7 Å². The highest BCUT2D eigenvalue weighted by molar-refractivity contribution is 6.31. The van der Waals surface area contributed by atoms with Crippen LogP contribution in [0.1, 0.15) is 23.6 Å². The van der Waals surface area contributed by atoms with Crippen LogP contribution in [0, 0.1) is 5.82 Å². The molecule has 1 aliphatic heterocycles. The van der Waals surface area contributed by atoms with E-state index in [2.05, 4.69) is 6.58 Å². The molecule has 2 aromatic rings. The molecule has 31 heavy (non-hydrogen) atoms. The van der Waals surface area contributed by atoms with Crippen molar-refractivity contribution in [2.24, 2.45) is 0 Å². The molecule has 2 N–H and O–H groups in total. The molecule has 7 nitrogen and oxygen atoms in total. The molecular formula is C23H21FN2O5. The van der Waals surface area contributed by atoms with E-state index in [1.54, 1.807) is 30.3 Å². The number of imide groups is 2. The minimum Gasteiger partial charge on any atom is -0.490 e. The van der Waals surface area contributed by atoms with Crippen molar-refractivity contribution in [1.82, 2.24) is 10.6 Å². The molecule has 4 amide bonds. The molecule has 0 spiro atoms. The van der Waals surface area contributed by atoms with Crippen LogP contribution in [0.2, 0.25) is 0 Å². The Kier molecular flexibility index (Phi) is 6.81. The fourth-order valence-electron chi connectivity index (χ4n) is 3.06. The minimum absolute atomic E-state index is 0.120. The third-order valence-electron chi connectivity index (χ3n) is 4.34. The van der Waals surface area contributed by atoms with E-state index in [0.29, 0.717) is 41.2 Å². The van der Waals surface area contributed by atoms with Crippen molar-refractivity contribution >= 4 is 23.9 Å². The molecule has 0 atom stereocenters. The Labute approximate surface area is 178 Å². The highest BCUT2D eigenvalue weighted by atomic mass is 19.1. The predicted molar refractivity (Wildman–Crippen MR) is 112 cm³/mol. The number of halogens is 1. The Hall–Kier alpha value is -3.94. The van der Waals surface area contributed by atoms with Gasteiger partial charge in [-0.1, -0.05) is 18.2 Å². The summed E-state index contributed by atoms with van der Waals surface area (Å²) >= 11 is 0. The standard InChI is InChI=1S/C23H21FN2O5/c1-3-6-16-9-15(11-18-21(27)25-23(29)26-22(18)28)12-19(30-4-2)20(16)31-13-14-7-5-8-17(24)10-14/h3,5,7-12H,1,4,6,13H2,2H3,(H2,25,26,27,28,29). The third kappa shape index (κ3) is 5.36. The summed E-state index contributed by atoms with van der Waals surface area (Å²) in [6, 6.07) is 8.57. The zero-order valence-corrected chi connectivity index (χ0v) is 16.9. The number of barbiturate groups is 1. The highest BCUT2D eigenvalue weighted by Gasteiger charge is 2.28. The van der Waals surface area contributed by atoms with E-state index in [1.165, 1.54) is 18.2 Å². The molecule has 1 aliphatic rings. The summed E-state index contributed by atoms with van der Waals surface area (Å²) < 4.78 is 25.1. The van der Waals surface area contributed by atoms with Gasteiger partial charge in [0.2, 0.25) is 0 Å². The van der Waals surface area contributed by atoms with Crippen LogP contribution in [0.3, 0.4) is 0 Å². The third-order valence-corrected chi connectivity index (χ3v) is 4.34. The summed E-state index contributed by atoms with van der Waals surface area (Å²) in [5.41, 5.74) is 1.66. The van der Waals surface area contributed by atoms with Gasteiger partial charge in [-0.25, -0.2) is 9.18 Å². The Morgan fingerprint density at radius 3 is 2.45 bits per heavy atom. The quantitative estimate of drug-likeness (QED) is 0.385. The lowest BCUT2D eigenvalue weighted by atomic mass is 10.0. The van der Waals surface area contributed by atoms with Crippen molar-refractivity contribution in [2.75, 3.05) is 6.61 Å². The largest absolute Gasteiger partial charge is 0.490 e. The van der Waals surface area contributed by atoms with Gasteiger partial charge < -0.3 is 9.47 Å². The lowest BCUT2D eigenvalue weighted by molar-refractivity contribution is -0.123. The predicted octanol–water partition coefficient (Wildman–Crippen LogP) is 3.28. The summed E-state index contributed by atoms with van der Waals surface area (Å²) in [5.74, 6) is -1.08. The van der Waals surface area contributed by atoms with Crippen LogP contribution in [0.15, 0.2) is 54.6 Å². The molecular weight excluding hydrogens is 403 g/mol. The van der Waals surface area contributed by atoms with Gasteiger partial charge in [-0.05, 0) is 54.8 Å². The number of hydrogen-bond acceptors (Lipinski definition) is 5. The molecule has 0 aliphatic carbocycles. The van der Waals surface area contributed by atoms with Crippen LogP contribution in [-0.4, -0.2) is 24.5 Å². The second kappa shape index (κ2) is 9.71. The second-order valence-corrected chi connectivity index (χ2v) is 6.65. The maximum atomic E-state index is 13.5. The second-order valence-electron chi connectivity index (χ2n) is 6.65. The number of rotatable bonds is 8. The van der Waals surface area contributed by atoms with Gasteiger partial charge in [0.25, 0.3) is 11.8 Å². The van der Waals surface area contributed by atoms with E-state index in [0.717, 1.165) is 0 Å². The molecule has 160 valence electrons. The maximum absolute atomic E-state index is 13.5. The first-order valence-corrected chi connectivity index (χ1v) is 9.57. The van der Waals surface area contributed by atoms with Gasteiger partial charge in [-0.2, -0.15) is 0 Å². The Bertz CT molecular complexity index is 1060. The highest BCUT2D eigenvalue weighted by Crippen LogP contribution is 2.35. The van der Waals surface area contributed by atoms with Gasteiger partial charge in [0.15, 0.2) is 11.5 Å². The van der Waals surface area contributed by atoms with E-state index >= 15 is 0 Å². The van der Waals surface area contributed by atoms with Crippen LogP contribution < -0.4 is 20.1 Å². The van der Waals surface area contributed by atoms with E-state index in [4.69, 9.17) is 9.47 Å². The summed E-state index contributed by atoms with van der Waals surface area (Å²) in [6.45, 7) is 6.03. The molecule has 1 heterocycles. The molecule has 8 heteroatoms. The van der Waals surface area contributed by atoms with Crippen molar-refractivity contribution in [1.29, 1.82) is 0 Å². The molecule has 3 rings (SSSR count). The van der Waals surface area contributed by atoms with E-state index in [1.807, 2.05) is 17.6 Å². The zero-order chi connectivity index (χ0) is 22.4. The average Bonchev–Trinajstić information content (AvgIpc) is 2.70. The monoisotopic (exact) mass is 424 g/mol. The molecule has 0 radical (unpaired) electrons. The number of urea groups is 1. The smallest absolute Gasteiger partial charge is 0.328 e. The number of benzene rings is 2. The molecule has 0 aromatic heterocycles. The van der Waals surface area contributed by atoms with Gasteiger partial charge in [0.1, 0.15) is 18.0 Å². The zero-order valence-electron chi connectivity index (χ0n) is 16.9. The van der Waals surface area contributed by atoms with Gasteiger partial charge in [0, 0.05) is 5.56 Å². The summed E-state index contributed by atoms with van der Waals surface area (Å²) in [5, 5.41) is 4.07. The average molecular weight is 424 g/mol. The number of amides is 4. The first-order chi connectivity index (χ1) is 14.9. The Morgan fingerprint density at radius 2 is 1.81 bits per heavy atom. The maximum Gasteiger partial charge on any atom is 0.328 e. The van der Waals surface area contributed by atoms with Crippen LogP contribution in [0.4, 0.5) is 9.18 Å².